The van der Waals surface area contributed by atoms with Gasteiger partial charge in [-0.3, -0.25) is 4.90 Å². The van der Waals surface area contributed by atoms with E-state index in [1.54, 1.807) is 0 Å². The zero-order valence-electron chi connectivity index (χ0n) is 12.6. The molecule has 0 aliphatic carbocycles. The fraction of sp³-hybridized carbons (Fsp3) is 0.412. The maximum atomic E-state index is 6.18. The van der Waals surface area contributed by atoms with Crippen LogP contribution in [-0.4, -0.2) is 42.7 Å². The van der Waals surface area contributed by atoms with E-state index in [2.05, 4.69) is 33.4 Å². The first-order valence-corrected chi connectivity index (χ1v) is 8.10. The minimum atomic E-state index is 0.321. The van der Waals surface area contributed by atoms with Crippen LogP contribution in [0.25, 0.3) is 0 Å². The summed E-state index contributed by atoms with van der Waals surface area (Å²) in [4.78, 5) is 5.56. The minimum Gasteiger partial charge on any atom is -0.379 e. The zero-order valence-corrected chi connectivity index (χ0v) is 13.4. The van der Waals surface area contributed by atoms with Gasteiger partial charge in [0, 0.05) is 49.6 Å². The third kappa shape index (κ3) is 4.11. The van der Waals surface area contributed by atoms with Crippen molar-refractivity contribution in [3.8, 4) is 0 Å². The van der Waals surface area contributed by atoms with Crippen molar-refractivity contribution >= 4 is 11.6 Å². The van der Waals surface area contributed by atoms with E-state index in [-0.39, 0.29) is 0 Å². The molecule has 1 aromatic heterocycles. The van der Waals surface area contributed by atoms with Gasteiger partial charge in [-0.15, -0.1) is 0 Å². The van der Waals surface area contributed by atoms with Crippen LogP contribution >= 0.6 is 11.6 Å². The number of hydrogen-bond acceptors (Lipinski definition) is 3. The van der Waals surface area contributed by atoms with E-state index in [4.69, 9.17) is 16.3 Å². The molecule has 1 unspecified atom stereocenters. The van der Waals surface area contributed by atoms with E-state index in [1.165, 1.54) is 11.1 Å². The summed E-state index contributed by atoms with van der Waals surface area (Å²) in [6.45, 7) is 5.28. The lowest BCUT2D eigenvalue weighted by Crippen LogP contribution is -2.42. The Hall–Kier alpha value is -1.33. The smallest absolute Gasteiger partial charge is 0.0594 e. The predicted molar refractivity (Wildman–Crippen MR) is 89.1 cm³/mol. The molecule has 1 atom stereocenters. The highest BCUT2D eigenvalue weighted by molar-refractivity contribution is 6.30. The van der Waals surface area contributed by atoms with Crippen molar-refractivity contribution in [1.82, 2.24) is 15.2 Å². The summed E-state index contributed by atoms with van der Waals surface area (Å²) in [6.07, 6.45) is 3.98. The Bertz CT molecular complexity index is 567. The number of aromatic nitrogens is 1. The Morgan fingerprint density at radius 3 is 2.86 bits per heavy atom. The van der Waals surface area contributed by atoms with Crippen LogP contribution in [0.5, 0.6) is 0 Å². The number of aromatic amines is 1. The molecule has 1 aromatic carbocycles. The van der Waals surface area contributed by atoms with Gasteiger partial charge in [-0.05, 0) is 29.3 Å². The minimum absolute atomic E-state index is 0.321. The second-order valence-corrected chi connectivity index (χ2v) is 6.01. The number of benzene rings is 1. The van der Waals surface area contributed by atoms with Crippen LogP contribution in [0.4, 0.5) is 0 Å². The first-order chi connectivity index (χ1) is 10.8. The standard InChI is InChI=1S/C17H22ClN3O/c18-16-3-1-2-15(10-16)17(21-6-8-22-9-7-21)13-20-12-14-4-5-19-11-14/h1-5,10-11,17,19-20H,6-9,12-13H2. The Kier molecular flexibility index (Phi) is 5.51. The van der Waals surface area contributed by atoms with Gasteiger partial charge in [-0.1, -0.05) is 23.7 Å². The second-order valence-electron chi connectivity index (χ2n) is 5.57. The van der Waals surface area contributed by atoms with E-state index in [0.717, 1.165) is 44.4 Å². The van der Waals surface area contributed by atoms with Gasteiger partial charge >= 0.3 is 0 Å². The maximum absolute atomic E-state index is 6.18. The van der Waals surface area contributed by atoms with Crippen molar-refractivity contribution in [3.05, 3.63) is 58.9 Å². The third-order valence-electron chi connectivity index (χ3n) is 4.05. The highest BCUT2D eigenvalue weighted by Gasteiger charge is 2.22. The highest BCUT2D eigenvalue weighted by Crippen LogP contribution is 2.24. The number of morpholine rings is 1. The van der Waals surface area contributed by atoms with E-state index in [1.807, 2.05) is 24.5 Å². The number of H-pyrrole nitrogens is 1. The summed E-state index contributed by atoms with van der Waals surface area (Å²) < 4.78 is 5.48. The molecule has 1 aliphatic rings. The topological polar surface area (TPSA) is 40.3 Å². The van der Waals surface area contributed by atoms with Gasteiger partial charge in [0.25, 0.3) is 0 Å². The summed E-state index contributed by atoms with van der Waals surface area (Å²) in [5.74, 6) is 0. The van der Waals surface area contributed by atoms with E-state index < -0.39 is 0 Å². The van der Waals surface area contributed by atoms with Crippen LogP contribution < -0.4 is 5.32 Å². The molecule has 2 aromatic rings. The molecule has 118 valence electrons. The summed E-state index contributed by atoms with van der Waals surface area (Å²) in [5, 5.41) is 4.35. The molecule has 0 radical (unpaired) electrons. The van der Waals surface area contributed by atoms with Crippen LogP contribution in [0.3, 0.4) is 0 Å². The molecule has 22 heavy (non-hydrogen) atoms. The van der Waals surface area contributed by atoms with Gasteiger partial charge in [0.05, 0.1) is 13.2 Å². The molecule has 2 N–H and O–H groups in total. The van der Waals surface area contributed by atoms with Gasteiger partial charge in [0.15, 0.2) is 0 Å². The number of nitrogens with zero attached hydrogens (tertiary/aromatic N) is 1. The molecule has 3 rings (SSSR count). The van der Waals surface area contributed by atoms with Gasteiger partial charge < -0.3 is 15.0 Å². The molecule has 1 fully saturated rings. The van der Waals surface area contributed by atoms with Crippen molar-refractivity contribution in [2.24, 2.45) is 0 Å². The first kappa shape index (κ1) is 15.6. The van der Waals surface area contributed by atoms with E-state index in [0.29, 0.717) is 6.04 Å². The fourth-order valence-corrected chi connectivity index (χ4v) is 3.08. The average Bonchev–Trinajstić information content (AvgIpc) is 3.06. The number of nitrogens with one attached hydrogen (secondary N) is 2. The molecule has 0 amide bonds. The summed E-state index contributed by atoms with van der Waals surface area (Å²) in [6, 6.07) is 10.6. The highest BCUT2D eigenvalue weighted by atomic mass is 35.5. The van der Waals surface area contributed by atoms with Crippen LogP contribution in [0.1, 0.15) is 17.2 Å². The van der Waals surface area contributed by atoms with Crippen LogP contribution in [0, 0.1) is 0 Å². The molecule has 1 saturated heterocycles. The maximum Gasteiger partial charge on any atom is 0.0594 e. The van der Waals surface area contributed by atoms with Crippen molar-refractivity contribution in [3.63, 3.8) is 0 Å². The van der Waals surface area contributed by atoms with Gasteiger partial charge in [-0.25, -0.2) is 0 Å². The molecule has 0 saturated carbocycles. The quantitative estimate of drug-likeness (QED) is 0.860. The van der Waals surface area contributed by atoms with Crippen LogP contribution in [0.15, 0.2) is 42.7 Å². The SMILES string of the molecule is Clc1cccc(C(CNCc2cc[nH]c2)N2CCOCC2)c1. The molecule has 5 heteroatoms. The fourth-order valence-electron chi connectivity index (χ4n) is 2.88. The largest absolute Gasteiger partial charge is 0.379 e. The predicted octanol–water partition coefficient (Wildman–Crippen LogP) is 2.83. The first-order valence-electron chi connectivity index (χ1n) is 7.72. The Morgan fingerprint density at radius 2 is 2.14 bits per heavy atom. The zero-order chi connectivity index (χ0) is 15.2. The number of hydrogen-bond donors (Lipinski definition) is 2. The molecular formula is C17H22ClN3O. The third-order valence-corrected chi connectivity index (χ3v) is 4.28. The molecule has 1 aliphatic heterocycles. The Balaban J connectivity index is 1.67. The van der Waals surface area contributed by atoms with Crippen LogP contribution in [0.2, 0.25) is 5.02 Å². The second kappa shape index (κ2) is 7.79. The normalized spacial score (nSPS) is 17.5. The monoisotopic (exact) mass is 319 g/mol. The van der Waals surface area contributed by atoms with Crippen molar-refractivity contribution in [1.29, 1.82) is 0 Å². The summed E-state index contributed by atoms with van der Waals surface area (Å²) >= 11 is 6.18. The summed E-state index contributed by atoms with van der Waals surface area (Å²) in [7, 11) is 0. The summed E-state index contributed by atoms with van der Waals surface area (Å²) in [5.41, 5.74) is 2.53. The van der Waals surface area contributed by atoms with E-state index >= 15 is 0 Å². The van der Waals surface area contributed by atoms with Crippen molar-refractivity contribution in [2.45, 2.75) is 12.6 Å². The van der Waals surface area contributed by atoms with Gasteiger partial charge in [0.2, 0.25) is 0 Å². The molecule has 2 heterocycles. The average molecular weight is 320 g/mol. The Morgan fingerprint density at radius 1 is 1.27 bits per heavy atom. The number of rotatable bonds is 6. The van der Waals surface area contributed by atoms with Crippen molar-refractivity contribution < 1.29 is 4.74 Å². The van der Waals surface area contributed by atoms with Gasteiger partial charge in [0.1, 0.15) is 0 Å². The lowest BCUT2D eigenvalue weighted by molar-refractivity contribution is 0.0161. The Labute approximate surface area is 136 Å². The number of ether oxygens (including phenoxy) is 1. The lowest BCUT2D eigenvalue weighted by Gasteiger charge is -2.35. The molecular weight excluding hydrogens is 298 g/mol. The van der Waals surface area contributed by atoms with Crippen molar-refractivity contribution in [2.75, 3.05) is 32.8 Å². The lowest BCUT2D eigenvalue weighted by atomic mass is 10.0. The van der Waals surface area contributed by atoms with Gasteiger partial charge in [-0.2, -0.15) is 0 Å². The molecule has 0 spiro atoms. The number of halogens is 1. The molecule has 4 nitrogen and oxygen atoms in total. The van der Waals surface area contributed by atoms with E-state index in [9.17, 15) is 0 Å². The van der Waals surface area contributed by atoms with Crippen LogP contribution in [-0.2, 0) is 11.3 Å². The molecule has 0 bridgehead atoms.